The summed E-state index contributed by atoms with van der Waals surface area (Å²) in [6, 6.07) is 15.5. The molecule has 2 aliphatic rings. The van der Waals surface area contributed by atoms with Crippen LogP contribution in [0.5, 0.6) is 0 Å². The number of amides is 2. The number of carbonyl (C=O) groups is 2. The molecule has 2 aliphatic heterocycles. The average Bonchev–Trinajstić information content (AvgIpc) is 3.70. The zero-order valence-corrected chi connectivity index (χ0v) is 23.6. The van der Waals surface area contributed by atoms with E-state index in [1.54, 1.807) is 48.5 Å². The molecule has 0 aliphatic carbocycles. The smallest absolute Gasteiger partial charge is 0.302 e. The van der Waals surface area contributed by atoms with E-state index in [1.165, 1.54) is 4.57 Å². The average molecular weight is 591 g/mol. The number of nitrogens with zero attached hydrogens (tertiary/aromatic N) is 5. The van der Waals surface area contributed by atoms with E-state index in [-0.39, 0.29) is 30.3 Å². The third-order valence-corrected chi connectivity index (χ3v) is 7.45. The summed E-state index contributed by atoms with van der Waals surface area (Å²) < 4.78 is 36.4. The number of para-hydroxylation sites is 2. The molecule has 13 heteroatoms. The molecular weight excluding hydrogens is 558 g/mol. The number of benzene rings is 2. The summed E-state index contributed by atoms with van der Waals surface area (Å²) >= 11 is 0. The Bertz CT molecular complexity index is 1620. The number of alkyl halides is 2. The van der Waals surface area contributed by atoms with E-state index in [9.17, 15) is 18.4 Å². The third kappa shape index (κ3) is 6.32. The molecule has 6 rings (SSSR count). The molecule has 11 nitrogen and oxygen atoms in total. The van der Waals surface area contributed by atoms with Crippen molar-refractivity contribution in [2.24, 2.45) is 0 Å². The Balaban J connectivity index is 1.29. The Labute approximate surface area is 246 Å². The number of imidazole rings is 1. The van der Waals surface area contributed by atoms with Gasteiger partial charge in [0.15, 0.2) is 5.82 Å². The van der Waals surface area contributed by atoms with Crippen LogP contribution in [-0.2, 0) is 20.2 Å². The minimum absolute atomic E-state index is 0.0779. The van der Waals surface area contributed by atoms with Crippen molar-refractivity contribution in [1.29, 1.82) is 0 Å². The van der Waals surface area contributed by atoms with Gasteiger partial charge < -0.3 is 25.6 Å². The molecule has 4 aromatic rings. The van der Waals surface area contributed by atoms with Gasteiger partial charge in [-0.25, -0.2) is 9.97 Å². The molecule has 2 fully saturated rings. The lowest BCUT2D eigenvalue weighted by molar-refractivity contribution is -0.125. The normalized spacial score (nSPS) is 17.3. The van der Waals surface area contributed by atoms with Gasteiger partial charge in [-0.15, -0.1) is 0 Å². The molecule has 2 aromatic carbocycles. The summed E-state index contributed by atoms with van der Waals surface area (Å²) in [6.45, 7) is 3.69. The topological polar surface area (TPSA) is 126 Å². The Hall–Kier alpha value is -4.49. The predicted molar refractivity (Wildman–Crippen MR) is 157 cm³/mol. The van der Waals surface area contributed by atoms with Gasteiger partial charge in [-0.05, 0) is 43.7 Å². The molecule has 224 valence electrons. The number of aromatic nitrogens is 4. The van der Waals surface area contributed by atoms with Crippen LogP contribution in [0.15, 0.2) is 54.6 Å². The standard InChI is InChI=1S/C30H32F2N8O3/c1-30(31,32)28-36-21-5-2-3-7-24(21)40(28)29-37-23(17-25(38-29)39-13-15-43-16-14-39)19-8-10-20(11-9-19)35-26(41)18-34-27(42)22-6-4-12-33-22/h2-3,5,7-11,17,22,33H,4,6,12-16,18H2,1H3,(H,34,42)(H,35,41)/t22-/m0/s1. The van der Waals surface area contributed by atoms with Crippen LogP contribution in [-0.4, -0.2) is 76.8 Å². The second kappa shape index (κ2) is 12.0. The summed E-state index contributed by atoms with van der Waals surface area (Å²) in [5.74, 6) is -3.57. The van der Waals surface area contributed by atoms with Crippen LogP contribution in [0.3, 0.4) is 0 Å². The number of ether oxygens (including phenoxy) is 1. The summed E-state index contributed by atoms with van der Waals surface area (Å²) in [7, 11) is 0. The van der Waals surface area contributed by atoms with Crippen LogP contribution in [0.1, 0.15) is 25.6 Å². The predicted octanol–water partition coefficient (Wildman–Crippen LogP) is 3.24. The highest BCUT2D eigenvalue weighted by molar-refractivity contribution is 5.95. The molecule has 4 heterocycles. The Morgan fingerprint density at radius 3 is 2.56 bits per heavy atom. The molecule has 2 saturated heterocycles. The van der Waals surface area contributed by atoms with E-state index in [1.807, 2.05) is 11.0 Å². The van der Waals surface area contributed by atoms with Crippen molar-refractivity contribution in [2.45, 2.75) is 31.7 Å². The van der Waals surface area contributed by atoms with Crippen molar-refractivity contribution in [2.75, 3.05) is 49.6 Å². The molecule has 0 unspecified atom stereocenters. The fourth-order valence-electron chi connectivity index (χ4n) is 5.28. The number of nitrogens with one attached hydrogen (secondary N) is 3. The van der Waals surface area contributed by atoms with Crippen LogP contribution in [0.4, 0.5) is 20.3 Å². The molecule has 0 bridgehead atoms. The fourth-order valence-corrected chi connectivity index (χ4v) is 5.28. The van der Waals surface area contributed by atoms with E-state index >= 15 is 0 Å². The van der Waals surface area contributed by atoms with Gasteiger partial charge in [0.25, 0.3) is 0 Å². The molecular formula is C30H32F2N8O3. The van der Waals surface area contributed by atoms with Gasteiger partial charge in [0, 0.05) is 37.3 Å². The van der Waals surface area contributed by atoms with Gasteiger partial charge in [0.1, 0.15) is 5.82 Å². The number of halogens is 2. The highest BCUT2D eigenvalue weighted by Crippen LogP contribution is 2.33. The molecule has 2 amide bonds. The second-order valence-corrected chi connectivity index (χ2v) is 10.7. The number of anilines is 2. The number of hydrogen-bond acceptors (Lipinski definition) is 8. The summed E-state index contributed by atoms with van der Waals surface area (Å²) in [5, 5.41) is 8.55. The second-order valence-electron chi connectivity index (χ2n) is 10.7. The van der Waals surface area contributed by atoms with Crippen molar-refractivity contribution in [3.63, 3.8) is 0 Å². The van der Waals surface area contributed by atoms with E-state index in [4.69, 9.17) is 14.7 Å². The van der Waals surface area contributed by atoms with Gasteiger partial charge in [0.2, 0.25) is 17.8 Å². The first kappa shape index (κ1) is 28.6. The van der Waals surface area contributed by atoms with Crippen LogP contribution >= 0.6 is 0 Å². The fraction of sp³-hybridized carbons (Fsp3) is 0.367. The molecule has 2 aromatic heterocycles. The third-order valence-electron chi connectivity index (χ3n) is 7.45. The van der Waals surface area contributed by atoms with E-state index in [0.29, 0.717) is 60.1 Å². The van der Waals surface area contributed by atoms with Crippen LogP contribution in [0.25, 0.3) is 28.2 Å². The number of rotatable bonds is 8. The van der Waals surface area contributed by atoms with Crippen molar-refractivity contribution in [3.8, 4) is 17.2 Å². The molecule has 43 heavy (non-hydrogen) atoms. The highest BCUT2D eigenvalue weighted by Gasteiger charge is 2.34. The van der Waals surface area contributed by atoms with Crippen LogP contribution < -0.4 is 20.9 Å². The monoisotopic (exact) mass is 590 g/mol. The van der Waals surface area contributed by atoms with Crippen molar-refractivity contribution in [1.82, 2.24) is 30.2 Å². The minimum atomic E-state index is -3.25. The molecule has 0 saturated carbocycles. The summed E-state index contributed by atoms with van der Waals surface area (Å²) in [4.78, 5) is 40.3. The van der Waals surface area contributed by atoms with Gasteiger partial charge in [-0.2, -0.15) is 13.8 Å². The quantitative estimate of drug-likeness (QED) is 0.286. The van der Waals surface area contributed by atoms with E-state index in [2.05, 4.69) is 20.9 Å². The molecule has 0 radical (unpaired) electrons. The number of carbonyl (C=O) groups excluding carboxylic acids is 2. The lowest BCUT2D eigenvalue weighted by atomic mass is 10.1. The Morgan fingerprint density at radius 1 is 1.07 bits per heavy atom. The SMILES string of the molecule is CC(F)(F)c1nc2ccccc2n1-c1nc(-c2ccc(NC(=O)CNC(=O)[C@@H]3CCCN3)cc2)cc(N2CCOCC2)n1. The number of hydrogen-bond donors (Lipinski definition) is 3. The zero-order chi connectivity index (χ0) is 30.0. The van der Waals surface area contributed by atoms with Crippen LogP contribution in [0, 0.1) is 0 Å². The Kier molecular flexibility index (Phi) is 8.00. The van der Waals surface area contributed by atoms with E-state index in [0.717, 1.165) is 26.3 Å². The molecule has 0 spiro atoms. The lowest BCUT2D eigenvalue weighted by Crippen LogP contribution is -2.43. The van der Waals surface area contributed by atoms with Gasteiger partial charge >= 0.3 is 5.92 Å². The van der Waals surface area contributed by atoms with Crippen molar-refractivity contribution < 1.29 is 23.1 Å². The van der Waals surface area contributed by atoms with E-state index < -0.39 is 11.7 Å². The maximum absolute atomic E-state index is 14.8. The maximum Gasteiger partial charge on any atom is 0.302 e. The first-order chi connectivity index (χ1) is 20.8. The van der Waals surface area contributed by atoms with Crippen LogP contribution in [0.2, 0.25) is 0 Å². The number of morpholine rings is 1. The lowest BCUT2D eigenvalue weighted by Gasteiger charge is -2.28. The molecule has 3 N–H and O–H groups in total. The van der Waals surface area contributed by atoms with Crippen molar-refractivity contribution in [3.05, 3.63) is 60.4 Å². The van der Waals surface area contributed by atoms with Gasteiger partial charge in [-0.3, -0.25) is 14.2 Å². The van der Waals surface area contributed by atoms with Gasteiger partial charge in [-0.1, -0.05) is 24.3 Å². The minimum Gasteiger partial charge on any atom is -0.378 e. The number of fused-ring (bicyclic) bond motifs is 1. The largest absolute Gasteiger partial charge is 0.378 e. The Morgan fingerprint density at radius 2 is 1.84 bits per heavy atom. The highest BCUT2D eigenvalue weighted by atomic mass is 19.3. The first-order valence-electron chi connectivity index (χ1n) is 14.3. The maximum atomic E-state index is 14.8. The molecule has 1 atom stereocenters. The zero-order valence-electron chi connectivity index (χ0n) is 23.6. The van der Waals surface area contributed by atoms with Gasteiger partial charge in [0.05, 0.1) is 42.5 Å². The summed E-state index contributed by atoms with van der Waals surface area (Å²) in [5.41, 5.74) is 2.64. The van der Waals surface area contributed by atoms with Crippen molar-refractivity contribution >= 4 is 34.4 Å². The summed E-state index contributed by atoms with van der Waals surface area (Å²) in [6.07, 6.45) is 1.69. The first-order valence-corrected chi connectivity index (χ1v) is 14.3.